The lowest BCUT2D eigenvalue weighted by molar-refractivity contribution is -0.128. The zero-order chi connectivity index (χ0) is 24.5. The topological polar surface area (TPSA) is 64.4 Å². The fourth-order valence-corrected chi connectivity index (χ4v) is 3.91. The number of rotatable bonds is 7. The summed E-state index contributed by atoms with van der Waals surface area (Å²) in [4.78, 5) is 17.7. The van der Waals surface area contributed by atoms with E-state index in [9.17, 15) is 4.79 Å². The SMILES string of the molecule is CCC(C)c1ccc2oc(-c3ccc(Cl)c(NC(=O)C(C)(C)Oc4ccc(Br)cc4)c3)nc2c1. The van der Waals surface area contributed by atoms with Crippen molar-refractivity contribution in [3.05, 3.63) is 75.7 Å². The normalized spacial score (nSPS) is 12.5. The van der Waals surface area contributed by atoms with Gasteiger partial charge in [0.1, 0.15) is 11.3 Å². The second kappa shape index (κ2) is 9.80. The van der Waals surface area contributed by atoms with Gasteiger partial charge in [-0.25, -0.2) is 4.98 Å². The number of aromatic nitrogens is 1. The first-order valence-corrected chi connectivity index (χ1v) is 12.3. The number of amides is 1. The molecule has 0 spiro atoms. The highest BCUT2D eigenvalue weighted by molar-refractivity contribution is 9.10. The highest BCUT2D eigenvalue weighted by Crippen LogP contribution is 2.32. The van der Waals surface area contributed by atoms with Crippen molar-refractivity contribution in [3.63, 3.8) is 0 Å². The van der Waals surface area contributed by atoms with Crippen LogP contribution >= 0.6 is 27.5 Å². The van der Waals surface area contributed by atoms with Crippen molar-refractivity contribution >= 4 is 50.2 Å². The molecule has 1 unspecified atom stereocenters. The molecule has 0 radical (unpaired) electrons. The molecule has 0 saturated heterocycles. The van der Waals surface area contributed by atoms with Gasteiger partial charge in [-0.2, -0.15) is 0 Å². The maximum Gasteiger partial charge on any atom is 0.268 e. The Labute approximate surface area is 212 Å². The van der Waals surface area contributed by atoms with Crippen LogP contribution in [0.15, 0.2) is 69.6 Å². The smallest absolute Gasteiger partial charge is 0.268 e. The molecule has 1 N–H and O–H groups in total. The third-order valence-electron chi connectivity index (χ3n) is 5.79. The van der Waals surface area contributed by atoms with Crippen LogP contribution < -0.4 is 10.1 Å². The van der Waals surface area contributed by atoms with Gasteiger partial charge in [-0.05, 0) is 86.3 Å². The molecule has 34 heavy (non-hydrogen) atoms. The van der Waals surface area contributed by atoms with E-state index in [4.69, 9.17) is 20.8 Å². The summed E-state index contributed by atoms with van der Waals surface area (Å²) in [6.07, 6.45) is 1.05. The van der Waals surface area contributed by atoms with Gasteiger partial charge in [0.05, 0.1) is 10.7 Å². The minimum atomic E-state index is -1.13. The predicted octanol–water partition coefficient (Wildman–Crippen LogP) is 8.22. The second-order valence-corrected chi connectivity index (χ2v) is 10.1. The Morgan fingerprint density at radius 3 is 2.59 bits per heavy atom. The van der Waals surface area contributed by atoms with Crippen LogP contribution in [0.4, 0.5) is 5.69 Å². The van der Waals surface area contributed by atoms with Crippen LogP contribution in [-0.4, -0.2) is 16.5 Å². The van der Waals surface area contributed by atoms with Gasteiger partial charge in [0, 0.05) is 10.0 Å². The number of nitrogens with zero attached hydrogens (tertiary/aromatic N) is 1. The molecule has 0 aliphatic rings. The predicted molar refractivity (Wildman–Crippen MR) is 141 cm³/mol. The number of anilines is 1. The summed E-state index contributed by atoms with van der Waals surface area (Å²) in [6, 6.07) is 18.7. The number of fused-ring (bicyclic) bond motifs is 1. The summed E-state index contributed by atoms with van der Waals surface area (Å²) >= 11 is 9.79. The Hall–Kier alpha value is -2.83. The average molecular weight is 542 g/mol. The summed E-state index contributed by atoms with van der Waals surface area (Å²) in [6.45, 7) is 7.77. The first kappa shape index (κ1) is 24.3. The lowest BCUT2D eigenvalue weighted by Crippen LogP contribution is -2.42. The average Bonchev–Trinajstić information content (AvgIpc) is 3.24. The van der Waals surface area contributed by atoms with Crippen molar-refractivity contribution in [2.24, 2.45) is 0 Å². The van der Waals surface area contributed by atoms with Crippen LogP contribution in [0.25, 0.3) is 22.6 Å². The molecule has 1 amide bonds. The van der Waals surface area contributed by atoms with Crippen LogP contribution in [-0.2, 0) is 4.79 Å². The largest absolute Gasteiger partial charge is 0.478 e. The molecule has 1 aromatic heterocycles. The van der Waals surface area contributed by atoms with Gasteiger partial charge in [-0.3, -0.25) is 4.79 Å². The summed E-state index contributed by atoms with van der Waals surface area (Å²) < 4.78 is 12.8. The molecule has 0 fully saturated rings. The van der Waals surface area contributed by atoms with E-state index < -0.39 is 5.60 Å². The molecule has 176 valence electrons. The Morgan fingerprint density at radius 2 is 1.88 bits per heavy atom. The molecule has 7 heteroatoms. The molecule has 1 atom stereocenters. The molecule has 0 saturated carbocycles. The van der Waals surface area contributed by atoms with Crippen LogP contribution in [0.5, 0.6) is 5.75 Å². The Morgan fingerprint density at radius 1 is 1.15 bits per heavy atom. The van der Waals surface area contributed by atoms with Gasteiger partial charge in [0.2, 0.25) is 5.89 Å². The van der Waals surface area contributed by atoms with Gasteiger partial charge in [0.25, 0.3) is 5.91 Å². The van der Waals surface area contributed by atoms with E-state index in [1.807, 2.05) is 24.3 Å². The maximum absolute atomic E-state index is 13.0. The molecule has 3 aromatic carbocycles. The van der Waals surface area contributed by atoms with Gasteiger partial charge in [-0.15, -0.1) is 0 Å². The number of benzene rings is 3. The van der Waals surface area contributed by atoms with Gasteiger partial charge >= 0.3 is 0 Å². The molecule has 4 aromatic rings. The van der Waals surface area contributed by atoms with E-state index in [1.165, 1.54) is 5.56 Å². The van der Waals surface area contributed by atoms with Gasteiger partial charge < -0.3 is 14.5 Å². The van der Waals surface area contributed by atoms with Crippen LogP contribution in [0.2, 0.25) is 5.02 Å². The fourth-order valence-electron chi connectivity index (χ4n) is 3.48. The van der Waals surface area contributed by atoms with Gasteiger partial charge in [0.15, 0.2) is 11.2 Å². The highest BCUT2D eigenvalue weighted by atomic mass is 79.9. The fraction of sp³-hybridized carbons (Fsp3) is 0.259. The van der Waals surface area contributed by atoms with E-state index in [-0.39, 0.29) is 5.91 Å². The number of hydrogen-bond acceptors (Lipinski definition) is 4. The quantitative estimate of drug-likeness (QED) is 0.256. The van der Waals surface area contributed by atoms with Crippen molar-refractivity contribution in [1.82, 2.24) is 4.98 Å². The van der Waals surface area contributed by atoms with E-state index >= 15 is 0 Å². The zero-order valence-electron chi connectivity index (χ0n) is 19.5. The second-order valence-electron chi connectivity index (χ2n) is 8.77. The first-order valence-electron chi connectivity index (χ1n) is 11.1. The summed E-state index contributed by atoms with van der Waals surface area (Å²) in [7, 11) is 0. The maximum atomic E-state index is 13.0. The van der Waals surface area contributed by atoms with Crippen molar-refractivity contribution in [1.29, 1.82) is 0 Å². The molecule has 1 heterocycles. The van der Waals surface area contributed by atoms with E-state index in [0.717, 1.165) is 16.4 Å². The number of nitrogens with one attached hydrogen (secondary N) is 1. The molecular weight excluding hydrogens is 516 g/mol. The molecule has 0 aliphatic carbocycles. The lowest BCUT2D eigenvalue weighted by Gasteiger charge is -2.25. The highest BCUT2D eigenvalue weighted by Gasteiger charge is 2.30. The number of halogens is 2. The number of oxazole rings is 1. The Bertz CT molecular complexity index is 1330. The Kier molecular flexibility index (Phi) is 7.01. The Balaban J connectivity index is 1.57. The number of ether oxygens (including phenoxy) is 1. The third kappa shape index (κ3) is 5.29. The molecule has 4 rings (SSSR count). The lowest BCUT2D eigenvalue weighted by atomic mass is 9.98. The minimum absolute atomic E-state index is 0.328. The minimum Gasteiger partial charge on any atom is -0.478 e. The van der Waals surface area contributed by atoms with E-state index in [2.05, 4.69) is 52.2 Å². The monoisotopic (exact) mass is 540 g/mol. The van der Waals surface area contributed by atoms with Crippen molar-refractivity contribution < 1.29 is 13.9 Å². The molecule has 5 nitrogen and oxygen atoms in total. The van der Waals surface area contributed by atoms with Crippen LogP contribution in [0.1, 0.15) is 45.6 Å². The first-order chi connectivity index (χ1) is 16.2. The number of hydrogen-bond donors (Lipinski definition) is 1. The van der Waals surface area contributed by atoms with Crippen LogP contribution in [0, 0.1) is 0 Å². The van der Waals surface area contributed by atoms with E-state index in [1.54, 1.807) is 38.1 Å². The van der Waals surface area contributed by atoms with Crippen molar-refractivity contribution in [2.75, 3.05) is 5.32 Å². The molecule has 0 aliphatic heterocycles. The summed E-state index contributed by atoms with van der Waals surface area (Å²) in [5.74, 6) is 1.18. The number of carbonyl (C=O) groups is 1. The molecular formula is C27H26BrClN2O3. The molecule has 0 bridgehead atoms. The summed E-state index contributed by atoms with van der Waals surface area (Å²) in [5.41, 5.74) is 2.79. The standard InChI is InChI=1S/C27H26BrClN2O3/c1-5-16(2)17-7-13-24-23(14-17)30-25(33-24)18-6-12-21(29)22(15-18)31-26(32)27(3,4)34-20-10-8-19(28)9-11-20/h6-16H,5H2,1-4H3,(H,31,32). The zero-order valence-corrected chi connectivity index (χ0v) is 21.8. The third-order valence-corrected chi connectivity index (χ3v) is 6.65. The van der Waals surface area contributed by atoms with Crippen molar-refractivity contribution in [2.45, 2.75) is 45.6 Å². The van der Waals surface area contributed by atoms with Crippen LogP contribution in [0.3, 0.4) is 0 Å². The van der Waals surface area contributed by atoms with Crippen molar-refractivity contribution in [3.8, 4) is 17.2 Å². The van der Waals surface area contributed by atoms with E-state index in [0.29, 0.717) is 39.4 Å². The van der Waals surface area contributed by atoms with Gasteiger partial charge in [-0.1, -0.05) is 47.4 Å². The number of carbonyl (C=O) groups excluding carboxylic acids is 1. The summed E-state index contributed by atoms with van der Waals surface area (Å²) in [5, 5.41) is 3.29.